The van der Waals surface area contributed by atoms with Crippen molar-refractivity contribution in [2.45, 2.75) is 13.1 Å². The Morgan fingerprint density at radius 1 is 1.33 bits per heavy atom. The van der Waals surface area contributed by atoms with Crippen LogP contribution in [0.4, 0.5) is 0 Å². The first kappa shape index (κ1) is 14.8. The van der Waals surface area contributed by atoms with E-state index in [1.54, 1.807) is 19.4 Å². The number of pyridine rings is 1. The van der Waals surface area contributed by atoms with Crippen molar-refractivity contribution >= 4 is 5.84 Å². The normalized spacial score (nSPS) is 11.4. The van der Waals surface area contributed by atoms with Crippen molar-refractivity contribution in [3.8, 4) is 5.75 Å². The maximum absolute atomic E-state index is 8.73. The summed E-state index contributed by atoms with van der Waals surface area (Å²) >= 11 is 0. The van der Waals surface area contributed by atoms with Gasteiger partial charge in [0.05, 0.1) is 18.4 Å². The lowest BCUT2D eigenvalue weighted by Crippen LogP contribution is -2.16. The quantitative estimate of drug-likeness (QED) is 0.324. The molecule has 0 spiro atoms. The molecule has 21 heavy (non-hydrogen) atoms. The van der Waals surface area contributed by atoms with Crippen molar-refractivity contribution in [3.05, 3.63) is 59.4 Å². The first-order valence-electron chi connectivity index (χ1n) is 6.50. The molecule has 4 N–H and O–H groups in total. The minimum absolute atomic E-state index is 0.0276. The number of oxime groups is 1. The maximum Gasteiger partial charge on any atom is 0.173 e. The molecule has 2 rings (SSSR count). The molecule has 0 saturated carbocycles. The van der Waals surface area contributed by atoms with E-state index in [0.717, 1.165) is 11.3 Å². The second kappa shape index (κ2) is 7.25. The molecule has 0 radical (unpaired) electrons. The molecule has 0 atom stereocenters. The van der Waals surface area contributed by atoms with E-state index in [1.165, 1.54) is 0 Å². The molecule has 2 aromatic rings. The fourth-order valence-electron chi connectivity index (χ4n) is 1.95. The van der Waals surface area contributed by atoms with Gasteiger partial charge in [-0.25, -0.2) is 0 Å². The lowest BCUT2D eigenvalue weighted by molar-refractivity contribution is 0.318. The molecule has 0 unspecified atom stereocenters. The monoisotopic (exact) mass is 286 g/mol. The van der Waals surface area contributed by atoms with E-state index in [1.807, 2.05) is 30.3 Å². The highest BCUT2D eigenvalue weighted by Gasteiger charge is 2.08. The third-order valence-electron chi connectivity index (χ3n) is 3.01. The van der Waals surface area contributed by atoms with Gasteiger partial charge in [-0.15, -0.1) is 0 Å². The van der Waals surface area contributed by atoms with Crippen LogP contribution >= 0.6 is 0 Å². The van der Waals surface area contributed by atoms with Gasteiger partial charge in [0.25, 0.3) is 0 Å². The van der Waals surface area contributed by atoms with Crippen molar-refractivity contribution in [2.75, 3.05) is 7.11 Å². The van der Waals surface area contributed by atoms with Crippen LogP contribution in [0.2, 0.25) is 0 Å². The SMILES string of the molecule is COc1cc(CNCc2ccccn2)ccc1/C(N)=N/O. The Morgan fingerprint density at radius 2 is 2.19 bits per heavy atom. The van der Waals surface area contributed by atoms with Gasteiger partial charge >= 0.3 is 0 Å². The summed E-state index contributed by atoms with van der Waals surface area (Å²) < 4.78 is 5.26. The number of rotatable bonds is 6. The van der Waals surface area contributed by atoms with Gasteiger partial charge in [0.15, 0.2) is 5.84 Å². The van der Waals surface area contributed by atoms with Gasteiger partial charge < -0.3 is 21.0 Å². The van der Waals surface area contributed by atoms with Crippen LogP contribution in [0.5, 0.6) is 5.75 Å². The second-order valence-corrected chi connectivity index (χ2v) is 4.44. The number of methoxy groups -OCH3 is 1. The van der Waals surface area contributed by atoms with Gasteiger partial charge in [-0.3, -0.25) is 4.98 Å². The van der Waals surface area contributed by atoms with Crippen LogP contribution in [0.1, 0.15) is 16.8 Å². The number of nitrogens with zero attached hydrogens (tertiary/aromatic N) is 2. The fourth-order valence-corrected chi connectivity index (χ4v) is 1.95. The number of hydrogen-bond acceptors (Lipinski definition) is 5. The van der Waals surface area contributed by atoms with E-state index in [-0.39, 0.29) is 5.84 Å². The van der Waals surface area contributed by atoms with Crippen molar-refractivity contribution in [1.82, 2.24) is 10.3 Å². The van der Waals surface area contributed by atoms with E-state index in [0.29, 0.717) is 24.4 Å². The molecule has 0 aliphatic heterocycles. The van der Waals surface area contributed by atoms with Crippen LogP contribution in [0, 0.1) is 0 Å². The molecule has 0 aliphatic carbocycles. The lowest BCUT2D eigenvalue weighted by Gasteiger charge is -2.10. The van der Waals surface area contributed by atoms with Crippen LogP contribution < -0.4 is 15.8 Å². The number of hydrogen-bond donors (Lipinski definition) is 3. The van der Waals surface area contributed by atoms with Crippen LogP contribution in [-0.4, -0.2) is 23.1 Å². The number of ether oxygens (including phenoxy) is 1. The summed E-state index contributed by atoms with van der Waals surface area (Å²) in [6, 6.07) is 11.3. The van der Waals surface area contributed by atoms with E-state index < -0.39 is 0 Å². The van der Waals surface area contributed by atoms with E-state index in [2.05, 4.69) is 15.5 Å². The molecule has 1 aromatic carbocycles. The highest BCUT2D eigenvalue weighted by Crippen LogP contribution is 2.20. The zero-order valence-electron chi connectivity index (χ0n) is 11.8. The minimum atomic E-state index is 0.0276. The Bertz CT molecular complexity index is 614. The third kappa shape index (κ3) is 3.93. The lowest BCUT2D eigenvalue weighted by atomic mass is 10.1. The number of nitrogens with two attached hydrogens (primary N) is 1. The predicted molar refractivity (Wildman–Crippen MR) is 80.3 cm³/mol. The van der Waals surface area contributed by atoms with Gasteiger partial charge in [0.2, 0.25) is 0 Å². The molecule has 6 nitrogen and oxygen atoms in total. The first-order valence-corrected chi connectivity index (χ1v) is 6.50. The van der Waals surface area contributed by atoms with E-state index in [4.69, 9.17) is 15.7 Å². The first-order chi connectivity index (χ1) is 10.2. The van der Waals surface area contributed by atoms with Crippen LogP contribution in [0.25, 0.3) is 0 Å². The Kier molecular flexibility index (Phi) is 5.11. The van der Waals surface area contributed by atoms with Gasteiger partial charge in [-0.05, 0) is 29.8 Å². The topological polar surface area (TPSA) is 92.8 Å². The minimum Gasteiger partial charge on any atom is -0.496 e. The Balaban J connectivity index is 2.01. The summed E-state index contributed by atoms with van der Waals surface area (Å²) in [6.07, 6.45) is 1.77. The molecule has 1 heterocycles. The molecular weight excluding hydrogens is 268 g/mol. The number of amidine groups is 1. The summed E-state index contributed by atoms with van der Waals surface area (Å²) in [7, 11) is 1.55. The maximum atomic E-state index is 8.73. The largest absolute Gasteiger partial charge is 0.496 e. The zero-order valence-corrected chi connectivity index (χ0v) is 11.8. The van der Waals surface area contributed by atoms with E-state index in [9.17, 15) is 0 Å². The van der Waals surface area contributed by atoms with Gasteiger partial charge in [-0.1, -0.05) is 17.3 Å². The van der Waals surface area contributed by atoms with Gasteiger partial charge in [0, 0.05) is 19.3 Å². The van der Waals surface area contributed by atoms with Crippen molar-refractivity contribution in [3.63, 3.8) is 0 Å². The average Bonchev–Trinajstić information content (AvgIpc) is 2.55. The fraction of sp³-hybridized carbons (Fsp3) is 0.200. The van der Waals surface area contributed by atoms with E-state index >= 15 is 0 Å². The predicted octanol–water partition coefficient (Wildman–Crippen LogP) is 1.47. The number of nitrogens with one attached hydrogen (secondary N) is 1. The van der Waals surface area contributed by atoms with Crippen molar-refractivity contribution in [2.24, 2.45) is 10.9 Å². The standard InChI is InChI=1S/C15H18N4O2/c1-21-14-8-11(5-6-13(14)15(16)19-20)9-17-10-12-4-2-3-7-18-12/h2-8,17,20H,9-10H2,1H3,(H2,16,19). The van der Waals surface area contributed by atoms with Crippen LogP contribution in [0.15, 0.2) is 47.8 Å². The molecule has 0 aliphatic rings. The van der Waals surface area contributed by atoms with Crippen molar-refractivity contribution < 1.29 is 9.94 Å². The Hall–Kier alpha value is -2.60. The molecular formula is C15H18N4O2. The summed E-state index contributed by atoms with van der Waals surface area (Å²) in [4.78, 5) is 4.24. The third-order valence-corrected chi connectivity index (χ3v) is 3.01. The zero-order chi connectivity index (χ0) is 15.1. The summed E-state index contributed by atoms with van der Waals surface area (Å²) in [5.74, 6) is 0.599. The molecule has 0 fully saturated rings. The van der Waals surface area contributed by atoms with Crippen LogP contribution in [0.3, 0.4) is 0 Å². The van der Waals surface area contributed by atoms with Crippen molar-refractivity contribution in [1.29, 1.82) is 0 Å². The molecule has 1 aromatic heterocycles. The summed E-state index contributed by atoms with van der Waals surface area (Å²) in [6.45, 7) is 1.36. The molecule has 6 heteroatoms. The number of benzene rings is 1. The second-order valence-electron chi connectivity index (χ2n) is 4.44. The average molecular weight is 286 g/mol. The highest BCUT2D eigenvalue weighted by molar-refractivity contribution is 5.99. The van der Waals surface area contributed by atoms with Crippen LogP contribution in [-0.2, 0) is 13.1 Å². The molecule has 0 bridgehead atoms. The van der Waals surface area contributed by atoms with Gasteiger partial charge in [0.1, 0.15) is 5.75 Å². The molecule has 0 amide bonds. The van der Waals surface area contributed by atoms with Gasteiger partial charge in [-0.2, -0.15) is 0 Å². The molecule has 0 saturated heterocycles. The summed E-state index contributed by atoms with van der Waals surface area (Å²) in [5, 5.41) is 15.0. The smallest absolute Gasteiger partial charge is 0.173 e. The Morgan fingerprint density at radius 3 is 2.86 bits per heavy atom. The highest BCUT2D eigenvalue weighted by atomic mass is 16.5. The number of aromatic nitrogens is 1. The summed E-state index contributed by atoms with van der Waals surface area (Å²) in [5.41, 5.74) is 8.18. The molecule has 110 valence electrons. The Labute approximate surface area is 123 Å².